The van der Waals surface area contributed by atoms with Crippen LogP contribution in [0.4, 0.5) is 0 Å². The van der Waals surface area contributed by atoms with Gasteiger partial charge in [0.15, 0.2) is 5.96 Å². The summed E-state index contributed by atoms with van der Waals surface area (Å²) >= 11 is 0. The van der Waals surface area contributed by atoms with E-state index in [0.717, 1.165) is 13.1 Å². The van der Waals surface area contributed by atoms with Gasteiger partial charge in [0, 0.05) is 32.7 Å². The zero-order valence-corrected chi connectivity index (χ0v) is 10.3. The van der Waals surface area contributed by atoms with Gasteiger partial charge in [-0.3, -0.25) is 4.99 Å². The topological polar surface area (TPSA) is 18.8 Å². The Hall–Kier alpha value is -0.730. The Kier molecular flexibility index (Phi) is 2.89. The summed E-state index contributed by atoms with van der Waals surface area (Å²) in [7, 11) is 0. The van der Waals surface area contributed by atoms with Crippen molar-refractivity contribution in [2.45, 2.75) is 33.6 Å². The Morgan fingerprint density at radius 1 is 1.13 bits per heavy atom. The van der Waals surface area contributed by atoms with Crippen LogP contribution in [0.1, 0.15) is 33.6 Å². The van der Waals surface area contributed by atoms with Crippen molar-refractivity contribution in [3.05, 3.63) is 0 Å². The molecule has 1 saturated heterocycles. The van der Waals surface area contributed by atoms with Gasteiger partial charge in [-0.1, -0.05) is 20.8 Å². The Bertz CT molecular complexity index is 252. The van der Waals surface area contributed by atoms with Crippen molar-refractivity contribution < 1.29 is 0 Å². The molecule has 0 radical (unpaired) electrons. The number of hydrogen-bond donors (Lipinski definition) is 0. The van der Waals surface area contributed by atoms with Gasteiger partial charge in [-0.25, -0.2) is 0 Å². The van der Waals surface area contributed by atoms with E-state index in [4.69, 9.17) is 0 Å². The van der Waals surface area contributed by atoms with E-state index in [0.29, 0.717) is 5.41 Å². The monoisotopic (exact) mass is 209 g/mol. The van der Waals surface area contributed by atoms with Gasteiger partial charge in [0.2, 0.25) is 0 Å². The Labute approximate surface area is 93.2 Å². The number of aliphatic imine (C=N–C) groups is 1. The molecule has 2 rings (SSSR count). The fraction of sp³-hybridized carbons (Fsp3) is 0.917. The first-order valence-electron chi connectivity index (χ1n) is 6.11. The van der Waals surface area contributed by atoms with Crippen LogP contribution in [-0.4, -0.2) is 48.5 Å². The molecule has 0 unspecified atom stereocenters. The zero-order chi connectivity index (χ0) is 10.9. The lowest BCUT2D eigenvalue weighted by Crippen LogP contribution is -2.54. The van der Waals surface area contributed by atoms with Gasteiger partial charge in [-0.2, -0.15) is 0 Å². The first kappa shape index (κ1) is 10.8. The number of nitrogens with zero attached hydrogens (tertiary/aromatic N) is 3. The number of hydrogen-bond acceptors (Lipinski definition) is 3. The van der Waals surface area contributed by atoms with Gasteiger partial charge in [-0.15, -0.1) is 0 Å². The van der Waals surface area contributed by atoms with Crippen LogP contribution in [-0.2, 0) is 0 Å². The third-order valence-electron chi connectivity index (χ3n) is 2.93. The van der Waals surface area contributed by atoms with E-state index in [1.807, 2.05) is 0 Å². The van der Waals surface area contributed by atoms with E-state index < -0.39 is 0 Å². The summed E-state index contributed by atoms with van der Waals surface area (Å²) in [6.45, 7) is 12.7. The van der Waals surface area contributed by atoms with Crippen LogP contribution in [0.2, 0.25) is 0 Å². The quantitative estimate of drug-likeness (QED) is 0.656. The summed E-state index contributed by atoms with van der Waals surface area (Å²) in [4.78, 5) is 9.62. The highest BCUT2D eigenvalue weighted by atomic mass is 15.4. The molecule has 3 heteroatoms. The lowest BCUT2D eigenvalue weighted by Gasteiger charge is -2.43. The fourth-order valence-corrected chi connectivity index (χ4v) is 2.43. The molecule has 0 spiro atoms. The number of fused-ring (bicyclic) bond motifs is 1. The maximum Gasteiger partial charge on any atom is 0.196 e. The molecule has 0 saturated carbocycles. The van der Waals surface area contributed by atoms with Gasteiger partial charge in [0.1, 0.15) is 0 Å². The fourth-order valence-electron chi connectivity index (χ4n) is 2.43. The van der Waals surface area contributed by atoms with E-state index >= 15 is 0 Å². The summed E-state index contributed by atoms with van der Waals surface area (Å²) in [5.41, 5.74) is 0.364. The second-order valence-electron chi connectivity index (χ2n) is 5.86. The average Bonchev–Trinajstić information content (AvgIpc) is 2.16. The molecule has 1 fully saturated rings. The van der Waals surface area contributed by atoms with Gasteiger partial charge in [-0.05, 0) is 18.3 Å². The zero-order valence-electron chi connectivity index (χ0n) is 10.3. The highest BCUT2D eigenvalue weighted by Crippen LogP contribution is 2.20. The molecule has 2 heterocycles. The van der Waals surface area contributed by atoms with Crippen molar-refractivity contribution in [1.82, 2.24) is 9.80 Å². The predicted octanol–water partition coefficient (Wildman–Crippen LogP) is 1.80. The smallest absolute Gasteiger partial charge is 0.196 e. The molecule has 0 aromatic rings. The van der Waals surface area contributed by atoms with Crippen molar-refractivity contribution in [3.63, 3.8) is 0 Å². The third-order valence-corrected chi connectivity index (χ3v) is 2.93. The summed E-state index contributed by atoms with van der Waals surface area (Å²) in [6, 6.07) is 0. The first-order valence-corrected chi connectivity index (χ1v) is 6.11. The molecule has 15 heavy (non-hydrogen) atoms. The molecule has 0 bridgehead atoms. The van der Waals surface area contributed by atoms with Crippen LogP contribution in [0, 0.1) is 5.41 Å². The lowest BCUT2D eigenvalue weighted by atomic mass is 9.95. The molecule has 0 aromatic heterocycles. The molecule has 3 nitrogen and oxygen atoms in total. The van der Waals surface area contributed by atoms with Gasteiger partial charge in [0.25, 0.3) is 0 Å². The third kappa shape index (κ3) is 2.64. The molecular formula is C12H23N3. The summed E-state index contributed by atoms with van der Waals surface area (Å²) < 4.78 is 0. The van der Waals surface area contributed by atoms with Gasteiger partial charge in [0.05, 0.1) is 0 Å². The summed E-state index contributed by atoms with van der Waals surface area (Å²) in [5.74, 6) is 1.27. The molecule has 2 aliphatic rings. The average molecular weight is 209 g/mol. The Balaban J connectivity index is 2.07. The maximum atomic E-state index is 4.69. The van der Waals surface area contributed by atoms with Crippen LogP contribution in [0.5, 0.6) is 0 Å². The largest absolute Gasteiger partial charge is 0.343 e. The van der Waals surface area contributed by atoms with E-state index in [9.17, 15) is 0 Å². The van der Waals surface area contributed by atoms with E-state index in [1.54, 1.807) is 0 Å². The molecule has 2 aliphatic heterocycles. The second kappa shape index (κ2) is 4.03. The normalized spacial score (nSPS) is 22.5. The molecule has 0 atom stereocenters. The predicted molar refractivity (Wildman–Crippen MR) is 64.1 cm³/mol. The van der Waals surface area contributed by atoms with Crippen LogP contribution in [0.3, 0.4) is 0 Å². The van der Waals surface area contributed by atoms with Crippen molar-refractivity contribution in [3.8, 4) is 0 Å². The molecule has 0 amide bonds. The Morgan fingerprint density at radius 2 is 1.87 bits per heavy atom. The highest BCUT2D eigenvalue weighted by molar-refractivity contribution is 5.81. The van der Waals surface area contributed by atoms with Crippen LogP contribution in [0.25, 0.3) is 0 Å². The SMILES string of the molecule is CC(C)(C)CN1CCCN2CCCN=C21. The summed E-state index contributed by atoms with van der Waals surface area (Å²) in [5, 5.41) is 0. The van der Waals surface area contributed by atoms with Gasteiger partial charge < -0.3 is 9.80 Å². The second-order valence-corrected chi connectivity index (χ2v) is 5.86. The van der Waals surface area contributed by atoms with Crippen LogP contribution >= 0.6 is 0 Å². The van der Waals surface area contributed by atoms with Crippen molar-refractivity contribution in [2.75, 3.05) is 32.7 Å². The number of rotatable bonds is 1. The Morgan fingerprint density at radius 3 is 2.60 bits per heavy atom. The van der Waals surface area contributed by atoms with Crippen molar-refractivity contribution in [1.29, 1.82) is 0 Å². The minimum absolute atomic E-state index is 0.364. The molecule has 0 aromatic carbocycles. The molecular weight excluding hydrogens is 186 g/mol. The number of guanidine groups is 1. The van der Waals surface area contributed by atoms with Crippen LogP contribution in [0.15, 0.2) is 4.99 Å². The van der Waals surface area contributed by atoms with E-state index in [-0.39, 0.29) is 0 Å². The van der Waals surface area contributed by atoms with Crippen molar-refractivity contribution >= 4 is 5.96 Å². The minimum Gasteiger partial charge on any atom is -0.343 e. The van der Waals surface area contributed by atoms with Crippen LogP contribution < -0.4 is 0 Å². The van der Waals surface area contributed by atoms with E-state index in [2.05, 4.69) is 35.6 Å². The molecule has 86 valence electrons. The molecule has 0 N–H and O–H groups in total. The lowest BCUT2D eigenvalue weighted by molar-refractivity contribution is 0.196. The first-order chi connectivity index (χ1) is 7.06. The standard InChI is InChI=1S/C12H23N3/c1-12(2,3)10-15-9-5-8-14-7-4-6-13-11(14)15/h4-10H2,1-3H3. The highest BCUT2D eigenvalue weighted by Gasteiger charge is 2.27. The van der Waals surface area contributed by atoms with E-state index in [1.165, 1.54) is 38.4 Å². The summed E-state index contributed by atoms with van der Waals surface area (Å²) in [6.07, 6.45) is 2.52. The molecule has 0 aliphatic carbocycles. The minimum atomic E-state index is 0.364. The van der Waals surface area contributed by atoms with Gasteiger partial charge >= 0.3 is 0 Å². The van der Waals surface area contributed by atoms with Crippen molar-refractivity contribution in [2.24, 2.45) is 10.4 Å². The maximum absolute atomic E-state index is 4.69.